The molecule has 0 bridgehead atoms. The van der Waals surface area contributed by atoms with E-state index in [1.165, 1.54) is 32.1 Å². The number of nitrogens with zero attached hydrogens (tertiary/aromatic N) is 2. The minimum atomic E-state index is -0.933. The van der Waals surface area contributed by atoms with Gasteiger partial charge in [-0.3, -0.25) is 10.0 Å². The van der Waals surface area contributed by atoms with E-state index in [4.69, 9.17) is 14.9 Å². The number of amides is 2. The predicted octanol–water partition coefficient (Wildman–Crippen LogP) is 4.73. The van der Waals surface area contributed by atoms with Gasteiger partial charge in [-0.2, -0.15) is 0 Å². The number of unbranched alkanes of at least 4 members (excludes halogenated alkanes) is 5. The first-order valence-electron chi connectivity index (χ1n) is 11.6. The van der Waals surface area contributed by atoms with Crippen molar-refractivity contribution in [2.75, 3.05) is 0 Å². The van der Waals surface area contributed by atoms with Crippen LogP contribution in [0, 0.1) is 0 Å². The number of nitrogens with one attached hydrogen (secondary N) is 2. The molecule has 2 rings (SSSR count). The number of hydrogen-bond acceptors (Lipinski definition) is 5. The van der Waals surface area contributed by atoms with Gasteiger partial charge in [-0.15, -0.1) is 0 Å². The Morgan fingerprint density at radius 1 is 1.12 bits per heavy atom. The minimum absolute atomic E-state index is 0.283. The molecule has 0 spiro atoms. The first-order valence-corrected chi connectivity index (χ1v) is 11.6. The monoisotopic (exact) mass is 446 g/mol. The largest absolute Gasteiger partial charge is 0.444 e. The lowest BCUT2D eigenvalue weighted by atomic mass is 10.1. The maximum atomic E-state index is 12.1. The summed E-state index contributed by atoms with van der Waals surface area (Å²) in [4.78, 5) is 29.0. The molecular weight excluding hydrogens is 408 g/mol. The highest BCUT2D eigenvalue weighted by Gasteiger charge is 2.25. The van der Waals surface area contributed by atoms with Crippen LogP contribution in [0.5, 0.6) is 0 Å². The highest BCUT2D eigenvalue weighted by atomic mass is 16.6. The SMILES string of the molecule is CCCCCCCCn1c(CC[C@H](NC(=O)OC(C)(C)C)C(=O)NO)nc2ccccc21. The Balaban J connectivity index is 2.08. The molecule has 0 saturated carbocycles. The lowest BCUT2D eigenvalue weighted by Crippen LogP contribution is -2.47. The second kappa shape index (κ2) is 12.4. The Morgan fingerprint density at radius 3 is 2.50 bits per heavy atom. The minimum Gasteiger partial charge on any atom is -0.444 e. The number of carbonyl (C=O) groups is 2. The van der Waals surface area contributed by atoms with Gasteiger partial charge in [0.1, 0.15) is 17.5 Å². The number of rotatable bonds is 12. The van der Waals surface area contributed by atoms with E-state index in [2.05, 4.69) is 22.9 Å². The van der Waals surface area contributed by atoms with E-state index in [1.54, 1.807) is 26.3 Å². The number of hydrogen-bond donors (Lipinski definition) is 3. The standard InChI is InChI=1S/C24H38N4O4/c1-5-6-7-8-9-12-17-28-20-14-11-10-13-18(20)25-21(28)16-15-19(22(29)27-31)26-23(30)32-24(2,3)4/h10-11,13-14,19,31H,5-9,12,15-17H2,1-4H3,(H,26,30)(H,27,29)/t19-/m0/s1. The molecule has 32 heavy (non-hydrogen) atoms. The predicted molar refractivity (Wildman–Crippen MR) is 125 cm³/mol. The third-order valence-electron chi connectivity index (χ3n) is 5.24. The van der Waals surface area contributed by atoms with Gasteiger partial charge in [-0.05, 0) is 45.7 Å². The van der Waals surface area contributed by atoms with E-state index in [0.29, 0.717) is 6.42 Å². The van der Waals surface area contributed by atoms with Crippen molar-refractivity contribution in [1.29, 1.82) is 0 Å². The third-order valence-corrected chi connectivity index (χ3v) is 5.24. The van der Waals surface area contributed by atoms with E-state index < -0.39 is 23.6 Å². The zero-order valence-corrected chi connectivity index (χ0v) is 19.8. The van der Waals surface area contributed by atoms with Crippen LogP contribution in [-0.2, 0) is 22.5 Å². The molecule has 8 heteroatoms. The van der Waals surface area contributed by atoms with E-state index in [9.17, 15) is 9.59 Å². The molecule has 0 saturated heterocycles. The quantitative estimate of drug-likeness (QED) is 0.248. The summed E-state index contributed by atoms with van der Waals surface area (Å²) in [5.41, 5.74) is 2.93. The van der Waals surface area contributed by atoms with Gasteiger partial charge >= 0.3 is 6.09 Å². The molecule has 1 aromatic carbocycles. The number of benzene rings is 1. The van der Waals surface area contributed by atoms with Gasteiger partial charge in [-0.25, -0.2) is 15.3 Å². The molecule has 0 radical (unpaired) electrons. The van der Waals surface area contributed by atoms with Gasteiger partial charge in [-0.1, -0.05) is 51.2 Å². The second-order valence-corrected chi connectivity index (χ2v) is 9.15. The fraction of sp³-hybridized carbons (Fsp3) is 0.625. The number of hydroxylamine groups is 1. The molecule has 3 N–H and O–H groups in total. The number of alkyl carbamates (subject to hydrolysis) is 1. The average Bonchev–Trinajstić information content (AvgIpc) is 3.09. The molecule has 2 aromatic rings. The van der Waals surface area contributed by atoms with Crippen LogP contribution < -0.4 is 10.8 Å². The summed E-state index contributed by atoms with van der Waals surface area (Å²) < 4.78 is 7.45. The first kappa shape index (κ1) is 25.6. The van der Waals surface area contributed by atoms with Crippen molar-refractivity contribution in [2.45, 2.75) is 97.2 Å². The van der Waals surface area contributed by atoms with E-state index in [1.807, 2.05) is 18.2 Å². The summed E-state index contributed by atoms with van der Waals surface area (Å²) in [5, 5.41) is 11.7. The normalized spacial score (nSPS) is 12.5. The Bertz CT molecular complexity index is 872. The van der Waals surface area contributed by atoms with Gasteiger partial charge in [0.2, 0.25) is 0 Å². The molecule has 0 aliphatic heterocycles. The van der Waals surface area contributed by atoms with Crippen LogP contribution >= 0.6 is 0 Å². The number of aromatic nitrogens is 2. The second-order valence-electron chi connectivity index (χ2n) is 9.15. The van der Waals surface area contributed by atoms with Crippen LogP contribution in [0.3, 0.4) is 0 Å². The maximum absolute atomic E-state index is 12.1. The molecule has 1 atom stereocenters. The van der Waals surface area contributed by atoms with Crippen molar-refractivity contribution in [3.05, 3.63) is 30.1 Å². The van der Waals surface area contributed by atoms with Gasteiger partial charge < -0.3 is 14.6 Å². The summed E-state index contributed by atoms with van der Waals surface area (Å²) in [6.07, 6.45) is 7.29. The van der Waals surface area contributed by atoms with Crippen molar-refractivity contribution >= 4 is 23.0 Å². The summed E-state index contributed by atoms with van der Waals surface area (Å²) >= 11 is 0. The van der Waals surface area contributed by atoms with Crippen molar-refractivity contribution < 1.29 is 19.5 Å². The number of aryl methyl sites for hydroxylation is 2. The molecule has 0 aliphatic rings. The molecule has 0 fully saturated rings. The van der Waals surface area contributed by atoms with Crippen molar-refractivity contribution in [2.24, 2.45) is 0 Å². The van der Waals surface area contributed by atoms with Gasteiger partial charge in [0, 0.05) is 13.0 Å². The molecule has 0 unspecified atom stereocenters. The molecular formula is C24H38N4O4. The highest BCUT2D eigenvalue weighted by Crippen LogP contribution is 2.19. The Hall–Kier alpha value is -2.61. The Kier molecular flexibility index (Phi) is 9.97. The molecule has 8 nitrogen and oxygen atoms in total. The summed E-state index contributed by atoms with van der Waals surface area (Å²) in [5.74, 6) is 0.177. The average molecular weight is 447 g/mol. The van der Waals surface area contributed by atoms with Crippen LogP contribution in [-0.4, -0.2) is 38.4 Å². The topological polar surface area (TPSA) is 105 Å². The van der Waals surface area contributed by atoms with Crippen LogP contribution in [0.1, 0.15) is 78.5 Å². The van der Waals surface area contributed by atoms with Crippen molar-refractivity contribution in [3.63, 3.8) is 0 Å². The highest BCUT2D eigenvalue weighted by molar-refractivity contribution is 5.84. The van der Waals surface area contributed by atoms with Gasteiger partial charge in [0.05, 0.1) is 11.0 Å². The lowest BCUT2D eigenvalue weighted by Gasteiger charge is -2.22. The Labute approximate surface area is 190 Å². The summed E-state index contributed by atoms with van der Waals surface area (Å²) in [6.45, 7) is 8.32. The van der Waals surface area contributed by atoms with Crippen LogP contribution in [0.4, 0.5) is 4.79 Å². The van der Waals surface area contributed by atoms with Crippen LogP contribution in [0.25, 0.3) is 11.0 Å². The maximum Gasteiger partial charge on any atom is 0.408 e. The number of para-hydroxylation sites is 2. The molecule has 2 amide bonds. The van der Waals surface area contributed by atoms with Crippen molar-refractivity contribution in [1.82, 2.24) is 20.3 Å². The molecule has 178 valence electrons. The van der Waals surface area contributed by atoms with E-state index >= 15 is 0 Å². The van der Waals surface area contributed by atoms with Crippen LogP contribution in [0.15, 0.2) is 24.3 Å². The molecule has 1 heterocycles. The van der Waals surface area contributed by atoms with E-state index in [0.717, 1.165) is 29.8 Å². The number of imidazole rings is 1. The lowest BCUT2D eigenvalue weighted by molar-refractivity contribution is -0.131. The Morgan fingerprint density at radius 2 is 1.81 bits per heavy atom. The number of fused-ring (bicyclic) bond motifs is 1. The fourth-order valence-corrected chi connectivity index (χ4v) is 3.69. The summed E-state index contributed by atoms with van der Waals surface area (Å²) in [7, 11) is 0. The molecule has 0 aliphatic carbocycles. The van der Waals surface area contributed by atoms with E-state index in [-0.39, 0.29) is 6.42 Å². The third kappa shape index (κ3) is 8.15. The van der Waals surface area contributed by atoms with Gasteiger partial charge in [0.25, 0.3) is 5.91 Å². The smallest absolute Gasteiger partial charge is 0.408 e. The summed E-state index contributed by atoms with van der Waals surface area (Å²) in [6, 6.07) is 7.06. The van der Waals surface area contributed by atoms with Gasteiger partial charge in [0.15, 0.2) is 0 Å². The van der Waals surface area contributed by atoms with Crippen molar-refractivity contribution in [3.8, 4) is 0 Å². The fourth-order valence-electron chi connectivity index (χ4n) is 3.69. The zero-order chi connectivity index (χ0) is 23.6. The number of ether oxygens (including phenoxy) is 1. The molecule has 1 aromatic heterocycles. The first-order chi connectivity index (χ1) is 15.2. The number of carbonyl (C=O) groups excluding carboxylic acids is 2. The zero-order valence-electron chi connectivity index (χ0n) is 19.8. The van der Waals surface area contributed by atoms with Crippen LogP contribution in [0.2, 0.25) is 0 Å².